The lowest BCUT2D eigenvalue weighted by Gasteiger charge is -2.18. The fourth-order valence-corrected chi connectivity index (χ4v) is 2.96. The zero-order valence-corrected chi connectivity index (χ0v) is 13.4. The summed E-state index contributed by atoms with van der Waals surface area (Å²) < 4.78 is 21.2. The Morgan fingerprint density at radius 2 is 2.04 bits per heavy atom. The largest absolute Gasteiger partial charge is 0.462 e. The van der Waals surface area contributed by atoms with Gasteiger partial charge < -0.3 is 15.0 Å². The lowest BCUT2D eigenvalue weighted by molar-refractivity contribution is 0.0524. The van der Waals surface area contributed by atoms with E-state index >= 15 is 0 Å². The van der Waals surface area contributed by atoms with E-state index in [-0.39, 0.29) is 34.8 Å². The Kier molecular flexibility index (Phi) is 3.62. The molecule has 2 N–H and O–H groups in total. The van der Waals surface area contributed by atoms with E-state index in [9.17, 15) is 14.0 Å². The number of nitrogens with two attached hydrogens (primary N) is 1. The molecule has 1 heterocycles. The van der Waals surface area contributed by atoms with Gasteiger partial charge in [-0.15, -0.1) is 0 Å². The molecule has 1 fully saturated rings. The number of halogens is 1. The number of carbonyl (C=O) groups excluding carboxylic acids is 1. The summed E-state index contributed by atoms with van der Waals surface area (Å²) in [5.74, 6) is -1.28. The van der Waals surface area contributed by atoms with Crippen LogP contribution in [0, 0.1) is 19.7 Å². The second-order valence-electron chi connectivity index (χ2n) is 5.93. The quantitative estimate of drug-likeness (QED) is 0.697. The Bertz CT molecular complexity index is 882. The van der Waals surface area contributed by atoms with Gasteiger partial charge in [-0.05, 0) is 39.2 Å². The summed E-state index contributed by atoms with van der Waals surface area (Å²) in [6.45, 7) is 5.06. The Morgan fingerprint density at radius 3 is 2.61 bits per heavy atom. The lowest BCUT2D eigenvalue weighted by Crippen LogP contribution is -2.22. The van der Waals surface area contributed by atoms with Crippen molar-refractivity contribution in [3.8, 4) is 0 Å². The number of benzene rings is 1. The molecular weight excluding hydrogens is 299 g/mol. The number of pyridine rings is 1. The third kappa shape index (κ3) is 2.29. The van der Waals surface area contributed by atoms with Gasteiger partial charge in [0.15, 0.2) is 0 Å². The number of hydrogen-bond donors (Lipinski definition) is 1. The molecule has 0 radical (unpaired) electrons. The minimum Gasteiger partial charge on any atom is -0.462 e. The Balaban J connectivity index is 2.46. The first kappa shape index (κ1) is 15.5. The van der Waals surface area contributed by atoms with E-state index in [1.54, 1.807) is 13.8 Å². The molecule has 5 nitrogen and oxygen atoms in total. The highest BCUT2D eigenvalue weighted by Gasteiger charge is 2.29. The molecule has 1 aliphatic carbocycles. The van der Waals surface area contributed by atoms with Crippen molar-refractivity contribution in [3.63, 3.8) is 0 Å². The number of aromatic nitrogens is 1. The van der Waals surface area contributed by atoms with Crippen LogP contribution in [-0.2, 0) is 4.74 Å². The molecule has 0 atom stereocenters. The summed E-state index contributed by atoms with van der Waals surface area (Å²) in [4.78, 5) is 24.9. The van der Waals surface area contributed by atoms with E-state index in [0.717, 1.165) is 12.8 Å². The van der Waals surface area contributed by atoms with Gasteiger partial charge in [0.1, 0.15) is 11.4 Å². The average molecular weight is 318 g/mol. The minimum atomic E-state index is -0.678. The number of rotatable bonds is 3. The molecule has 1 aromatic heterocycles. The molecule has 0 spiro atoms. The Morgan fingerprint density at radius 1 is 1.39 bits per heavy atom. The SMILES string of the molecule is CCOC(=O)c1cn(C2CC2)c2c(C)c(N)c(F)c(C)c2c1=O. The molecule has 23 heavy (non-hydrogen) atoms. The maximum absolute atomic E-state index is 14.3. The van der Waals surface area contributed by atoms with Crippen molar-refractivity contribution in [2.24, 2.45) is 0 Å². The fraction of sp³-hybridized carbons (Fsp3) is 0.412. The van der Waals surface area contributed by atoms with Crippen LogP contribution in [0.2, 0.25) is 0 Å². The van der Waals surface area contributed by atoms with E-state index in [0.29, 0.717) is 11.1 Å². The van der Waals surface area contributed by atoms with Gasteiger partial charge in [0.05, 0.1) is 23.2 Å². The van der Waals surface area contributed by atoms with Gasteiger partial charge in [-0.3, -0.25) is 4.79 Å². The van der Waals surface area contributed by atoms with E-state index in [4.69, 9.17) is 10.5 Å². The van der Waals surface area contributed by atoms with Gasteiger partial charge in [-0.2, -0.15) is 0 Å². The molecule has 0 saturated heterocycles. The van der Waals surface area contributed by atoms with Gasteiger partial charge >= 0.3 is 5.97 Å². The van der Waals surface area contributed by atoms with Crippen LogP contribution in [0.25, 0.3) is 10.9 Å². The predicted molar refractivity (Wildman–Crippen MR) is 86.3 cm³/mol. The summed E-state index contributed by atoms with van der Waals surface area (Å²) >= 11 is 0. The predicted octanol–water partition coefficient (Wildman–Crippen LogP) is 2.85. The highest BCUT2D eigenvalue weighted by Crippen LogP contribution is 2.39. The molecule has 3 rings (SSSR count). The number of nitrogen functional groups attached to an aromatic ring is 1. The topological polar surface area (TPSA) is 74.3 Å². The Labute approximate surface area is 132 Å². The van der Waals surface area contributed by atoms with Crippen LogP contribution in [0.4, 0.5) is 10.1 Å². The van der Waals surface area contributed by atoms with Crippen molar-refractivity contribution in [3.05, 3.63) is 38.9 Å². The summed E-state index contributed by atoms with van der Waals surface area (Å²) in [5.41, 5.74) is 6.66. The molecular formula is C17H19FN2O3. The van der Waals surface area contributed by atoms with Crippen LogP contribution in [0.15, 0.2) is 11.0 Å². The second kappa shape index (κ2) is 5.37. The highest BCUT2D eigenvalue weighted by molar-refractivity contribution is 5.97. The smallest absolute Gasteiger partial charge is 0.343 e. The van der Waals surface area contributed by atoms with Crippen LogP contribution in [-0.4, -0.2) is 17.1 Å². The molecule has 0 amide bonds. The number of esters is 1. The number of ether oxygens (including phenoxy) is 1. The van der Waals surface area contributed by atoms with Crippen LogP contribution in [0.3, 0.4) is 0 Å². The number of anilines is 1. The summed E-state index contributed by atoms with van der Waals surface area (Å²) in [6.07, 6.45) is 3.44. The van der Waals surface area contributed by atoms with Crippen molar-refractivity contribution in [2.75, 3.05) is 12.3 Å². The summed E-state index contributed by atoms with van der Waals surface area (Å²) in [5, 5.41) is 0.214. The molecule has 6 heteroatoms. The number of nitrogens with zero attached hydrogens (tertiary/aromatic N) is 1. The first-order valence-corrected chi connectivity index (χ1v) is 7.68. The molecule has 0 bridgehead atoms. The summed E-state index contributed by atoms with van der Waals surface area (Å²) in [7, 11) is 0. The normalized spacial score (nSPS) is 14.3. The van der Waals surface area contributed by atoms with Crippen molar-refractivity contribution < 1.29 is 13.9 Å². The van der Waals surface area contributed by atoms with Crippen molar-refractivity contribution in [1.82, 2.24) is 4.57 Å². The standard InChI is InChI=1S/C17H19FN2O3/c1-4-23-17(22)11-7-20(10-5-6-10)15-9(3)14(19)13(18)8(2)12(15)16(11)21/h7,10H,4-6,19H2,1-3H3. The van der Waals surface area contributed by atoms with Gasteiger partial charge in [0.25, 0.3) is 0 Å². The van der Waals surface area contributed by atoms with Crippen molar-refractivity contribution in [2.45, 2.75) is 39.7 Å². The maximum Gasteiger partial charge on any atom is 0.343 e. The molecule has 1 aromatic carbocycles. The van der Waals surface area contributed by atoms with Crippen LogP contribution in [0.1, 0.15) is 47.3 Å². The second-order valence-corrected chi connectivity index (χ2v) is 5.93. The van der Waals surface area contributed by atoms with E-state index in [1.807, 2.05) is 4.57 Å². The third-order valence-electron chi connectivity index (χ3n) is 4.37. The third-order valence-corrected chi connectivity index (χ3v) is 4.37. The number of carbonyl (C=O) groups is 1. The molecule has 1 saturated carbocycles. The van der Waals surface area contributed by atoms with Crippen LogP contribution in [0.5, 0.6) is 0 Å². The first-order chi connectivity index (χ1) is 10.9. The minimum absolute atomic E-state index is 0.0488. The molecule has 2 aromatic rings. The van der Waals surface area contributed by atoms with Gasteiger partial charge in [0, 0.05) is 17.8 Å². The van der Waals surface area contributed by atoms with Gasteiger partial charge in [0.2, 0.25) is 5.43 Å². The number of fused-ring (bicyclic) bond motifs is 1. The maximum atomic E-state index is 14.3. The van der Waals surface area contributed by atoms with Gasteiger partial charge in [-0.1, -0.05) is 0 Å². The number of aryl methyl sites for hydroxylation is 2. The van der Waals surface area contributed by atoms with Crippen LogP contribution >= 0.6 is 0 Å². The monoisotopic (exact) mass is 318 g/mol. The van der Waals surface area contributed by atoms with Crippen molar-refractivity contribution in [1.29, 1.82) is 0 Å². The van der Waals surface area contributed by atoms with E-state index < -0.39 is 17.2 Å². The van der Waals surface area contributed by atoms with E-state index in [1.165, 1.54) is 13.1 Å². The molecule has 0 aliphatic heterocycles. The zero-order chi connectivity index (χ0) is 16.9. The van der Waals surface area contributed by atoms with E-state index in [2.05, 4.69) is 0 Å². The highest BCUT2D eigenvalue weighted by atomic mass is 19.1. The number of hydrogen-bond acceptors (Lipinski definition) is 4. The fourth-order valence-electron chi connectivity index (χ4n) is 2.96. The zero-order valence-electron chi connectivity index (χ0n) is 13.4. The molecule has 1 aliphatic rings. The summed E-state index contributed by atoms with van der Waals surface area (Å²) in [6, 6.07) is 0.203. The lowest BCUT2D eigenvalue weighted by atomic mass is 10.00. The van der Waals surface area contributed by atoms with Crippen molar-refractivity contribution >= 4 is 22.6 Å². The van der Waals surface area contributed by atoms with Gasteiger partial charge in [-0.25, -0.2) is 9.18 Å². The Hall–Kier alpha value is -2.37. The first-order valence-electron chi connectivity index (χ1n) is 7.68. The average Bonchev–Trinajstić information content (AvgIpc) is 3.35. The molecule has 122 valence electrons. The molecule has 0 unspecified atom stereocenters. The van der Waals surface area contributed by atoms with Crippen LogP contribution < -0.4 is 11.2 Å².